The molecular formula is C10H14N2O3. The third-order valence-electron chi connectivity index (χ3n) is 2.68. The molecular weight excluding hydrogens is 196 g/mol. The topological polar surface area (TPSA) is 65.7 Å². The molecule has 0 spiro atoms. The Bertz CT molecular complexity index is 427. The van der Waals surface area contributed by atoms with Gasteiger partial charge >= 0.3 is 5.63 Å². The van der Waals surface area contributed by atoms with Crippen molar-refractivity contribution in [3.8, 4) is 0 Å². The molecule has 1 atom stereocenters. The number of rotatable bonds is 2. The smallest absolute Gasteiger partial charge is 0.337 e. The number of anilines is 1. The molecule has 1 unspecified atom stereocenters. The fraction of sp³-hybridized carbons (Fsp3) is 0.500. The lowest BCUT2D eigenvalue weighted by Crippen LogP contribution is -2.29. The van der Waals surface area contributed by atoms with Crippen molar-refractivity contribution in [1.82, 2.24) is 5.01 Å². The van der Waals surface area contributed by atoms with Crippen LogP contribution in [-0.2, 0) is 0 Å². The minimum atomic E-state index is -0.350. The van der Waals surface area contributed by atoms with Gasteiger partial charge in [0.05, 0.1) is 12.6 Å². The van der Waals surface area contributed by atoms with Crippen LogP contribution in [0.5, 0.6) is 0 Å². The lowest BCUT2D eigenvalue weighted by molar-refractivity contribution is 0.196. The van der Waals surface area contributed by atoms with E-state index in [9.17, 15) is 4.79 Å². The Kier molecular flexibility index (Phi) is 2.50. The minimum Gasteiger partial charge on any atom is -0.405 e. The van der Waals surface area contributed by atoms with E-state index in [-0.39, 0.29) is 18.3 Å². The van der Waals surface area contributed by atoms with Crippen LogP contribution < -0.4 is 11.1 Å². The third kappa shape index (κ3) is 1.64. The Morgan fingerprint density at radius 2 is 2.40 bits per heavy atom. The lowest BCUT2D eigenvalue weighted by atomic mass is 10.1. The number of aliphatic hydroxyl groups is 1. The highest BCUT2D eigenvalue weighted by Gasteiger charge is 2.29. The quantitative estimate of drug-likeness (QED) is 0.750. The highest BCUT2D eigenvalue weighted by atomic mass is 16.4. The number of hydrazine groups is 1. The van der Waals surface area contributed by atoms with E-state index in [1.165, 1.54) is 6.07 Å². The van der Waals surface area contributed by atoms with Crippen LogP contribution in [0, 0.1) is 6.92 Å². The molecule has 0 fully saturated rings. The first-order chi connectivity index (χ1) is 7.13. The maximum atomic E-state index is 11.1. The van der Waals surface area contributed by atoms with Crippen molar-refractivity contribution in [3.05, 3.63) is 27.6 Å². The molecule has 0 saturated heterocycles. The second-order valence-corrected chi connectivity index (χ2v) is 3.70. The van der Waals surface area contributed by atoms with Gasteiger partial charge in [0.2, 0.25) is 5.88 Å². The number of nitrogens with zero attached hydrogens (tertiary/aromatic N) is 1. The Hall–Kier alpha value is -1.33. The molecule has 2 rings (SSSR count). The summed E-state index contributed by atoms with van der Waals surface area (Å²) in [4.78, 5) is 11.1. The van der Waals surface area contributed by atoms with E-state index in [1.807, 2.05) is 18.9 Å². The Morgan fingerprint density at radius 1 is 1.67 bits per heavy atom. The van der Waals surface area contributed by atoms with Gasteiger partial charge in [-0.05, 0) is 19.4 Å². The van der Waals surface area contributed by atoms with Gasteiger partial charge in [-0.25, -0.2) is 9.80 Å². The monoisotopic (exact) mass is 210 g/mol. The number of aryl methyl sites for hydroxylation is 1. The molecule has 5 heteroatoms. The van der Waals surface area contributed by atoms with Gasteiger partial charge in [0, 0.05) is 18.2 Å². The average Bonchev–Trinajstić information content (AvgIpc) is 2.43. The summed E-state index contributed by atoms with van der Waals surface area (Å²) in [5.74, 6) is 0.501. The zero-order chi connectivity index (χ0) is 11.0. The number of β-amino-alcohol motifs (C(OH)–C–C–N with tert-alkyl or cyclic N) is 1. The molecule has 15 heavy (non-hydrogen) atoms. The fourth-order valence-corrected chi connectivity index (χ4v) is 1.96. The molecule has 1 aromatic rings. The maximum absolute atomic E-state index is 11.1. The van der Waals surface area contributed by atoms with Crippen LogP contribution in [0.1, 0.15) is 24.1 Å². The maximum Gasteiger partial charge on any atom is 0.337 e. The molecule has 0 aromatic carbocycles. The van der Waals surface area contributed by atoms with Gasteiger partial charge in [-0.15, -0.1) is 0 Å². The number of nitrogens with one attached hydrogen (secondary N) is 1. The van der Waals surface area contributed by atoms with Gasteiger partial charge in [-0.3, -0.25) is 5.43 Å². The molecule has 1 aliphatic rings. The minimum absolute atomic E-state index is 0.0641. The lowest BCUT2D eigenvalue weighted by Gasteiger charge is -2.19. The Morgan fingerprint density at radius 3 is 3.07 bits per heavy atom. The third-order valence-corrected chi connectivity index (χ3v) is 2.68. The highest BCUT2D eigenvalue weighted by molar-refractivity contribution is 5.50. The molecule has 0 amide bonds. The van der Waals surface area contributed by atoms with Crippen molar-refractivity contribution in [2.24, 2.45) is 0 Å². The molecule has 2 heterocycles. The van der Waals surface area contributed by atoms with Crippen molar-refractivity contribution in [3.63, 3.8) is 0 Å². The van der Waals surface area contributed by atoms with Gasteiger partial charge in [0.1, 0.15) is 0 Å². The number of hydrogen-bond donors (Lipinski definition) is 2. The number of fused-ring (bicyclic) bond motifs is 1. The zero-order valence-electron chi connectivity index (χ0n) is 8.78. The van der Waals surface area contributed by atoms with Crippen molar-refractivity contribution in [1.29, 1.82) is 0 Å². The predicted octanol–water partition coefficient (Wildman–Crippen LogP) is 0.644. The summed E-state index contributed by atoms with van der Waals surface area (Å²) in [5.41, 5.74) is 4.53. The summed E-state index contributed by atoms with van der Waals surface area (Å²) in [5, 5.41) is 10.7. The van der Waals surface area contributed by atoms with Crippen LogP contribution >= 0.6 is 0 Å². The molecule has 82 valence electrons. The van der Waals surface area contributed by atoms with Crippen LogP contribution in [-0.4, -0.2) is 23.3 Å². The number of aliphatic hydroxyl groups excluding tert-OH is 1. The first-order valence-corrected chi connectivity index (χ1v) is 4.92. The van der Waals surface area contributed by atoms with E-state index >= 15 is 0 Å². The standard InChI is InChI=1S/C10H14N2O3/c1-6-5-8(14)15-10-9(6)7(2)12(11-10)3-4-13/h5,7,11,13H,3-4H2,1-2H3. The average molecular weight is 210 g/mol. The largest absolute Gasteiger partial charge is 0.405 e. The van der Waals surface area contributed by atoms with E-state index in [2.05, 4.69) is 5.43 Å². The summed E-state index contributed by atoms with van der Waals surface area (Å²) in [6.07, 6.45) is 0. The molecule has 0 saturated carbocycles. The van der Waals surface area contributed by atoms with E-state index in [0.717, 1.165) is 11.1 Å². The molecule has 0 bridgehead atoms. The predicted molar refractivity (Wildman–Crippen MR) is 55.5 cm³/mol. The first kappa shape index (κ1) is 10.2. The van der Waals surface area contributed by atoms with E-state index in [4.69, 9.17) is 9.52 Å². The Balaban J connectivity index is 2.40. The van der Waals surface area contributed by atoms with Crippen LogP contribution in [0.15, 0.2) is 15.3 Å². The van der Waals surface area contributed by atoms with Crippen molar-refractivity contribution in [2.45, 2.75) is 19.9 Å². The highest BCUT2D eigenvalue weighted by Crippen LogP contribution is 2.35. The number of hydrogen-bond acceptors (Lipinski definition) is 5. The molecule has 0 radical (unpaired) electrons. The summed E-state index contributed by atoms with van der Waals surface area (Å²) in [7, 11) is 0. The first-order valence-electron chi connectivity index (χ1n) is 4.92. The normalized spacial score (nSPS) is 20.1. The van der Waals surface area contributed by atoms with Gasteiger partial charge in [0.25, 0.3) is 0 Å². The molecule has 0 aliphatic carbocycles. The molecule has 5 nitrogen and oxygen atoms in total. The van der Waals surface area contributed by atoms with Gasteiger partial charge in [-0.1, -0.05) is 0 Å². The van der Waals surface area contributed by atoms with Crippen molar-refractivity contribution in [2.75, 3.05) is 18.6 Å². The zero-order valence-corrected chi connectivity index (χ0v) is 8.78. The van der Waals surface area contributed by atoms with E-state index in [0.29, 0.717) is 12.4 Å². The molecule has 1 aliphatic heterocycles. The molecule has 2 N–H and O–H groups in total. The van der Waals surface area contributed by atoms with E-state index in [1.54, 1.807) is 0 Å². The summed E-state index contributed by atoms with van der Waals surface area (Å²) in [6.45, 7) is 4.45. The van der Waals surface area contributed by atoms with Gasteiger partial charge in [0.15, 0.2) is 0 Å². The van der Waals surface area contributed by atoms with Crippen molar-refractivity contribution < 1.29 is 9.52 Å². The van der Waals surface area contributed by atoms with Crippen LogP contribution in [0.3, 0.4) is 0 Å². The van der Waals surface area contributed by atoms with Crippen molar-refractivity contribution >= 4 is 5.88 Å². The van der Waals surface area contributed by atoms with Crippen LogP contribution in [0.2, 0.25) is 0 Å². The van der Waals surface area contributed by atoms with Crippen LogP contribution in [0.4, 0.5) is 5.88 Å². The fourth-order valence-electron chi connectivity index (χ4n) is 1.96. The van der Waals surface area contributed by atoms with E-state index < -0.39 is 0 Å². The van der Waals surface area contributed by atoms with Crippen LogP contribution in [0.25, 0.3) is 0 Å². The summed E-state index contributed by atoms with van der Waals surface area (Å²) < 4.78 is 5.06. The summed E-state index contributed by atoms with van der Waals surface area (Å²) >= 11 is 0. The van der Waals surface area contributed by atoms with Gasteiger partial charge < -0.3 is 9.52 Å². The second kappa shape index (κ2) is 3.67. The second-order valence-electron chi connectivity index (χ2n) is 3.70. The Labute approximate surface area is 87.3 Å². The molecule has 1 aromatic heterocycles. The summed E-state index contributed by atoms with van der Waals surface area (Å²) in [6, 6.07) is 1.59. The SMILES string of the molecule is Cc1cc(=O)oc2c1C(C)N(CCO)N2. The van der Waals surface area contributed by atoms with Gasteiger partial charge in [-0.2, -0.15) is 0 Å².